The van der Waals surface area contributed by atoms with Crippen molar-refractivity contribution in [2.24, 2.45) is 11.3 Å². The highest BCUT2D eigenvalue weighted by Crippen LogP contribution is 2.52. The lowest BCUT2D eigenvalue weighted by Crippen LogP contribution is -2.68. The fraction of sp³-hybridized carbons (Fsp3) is 0.611. The SMILES string of the molecule is CC1(C)[C@H](N[C@@H]2CCN(c3ccccc3)C2=O)[C@H]2CCO[C@@H]21. The summed E-state index contributed by atoms with van der Waals surface area (Å²) < 4.78 is 5.84. The molecule has 1 amide bonds. The zero-order valence-corrected chi connectivity index (χ0v) is 13.3. The van der Waals surface area contributed by atoms with Gasteiger partial charge in [0.05, 0.1) is 12.1 Å². The van der Waals surface area contributed by atoms with Crippen LogP contribution in [0.15, 0.2) is 30.3 Å². The maximum Gasteiger partial charge on any atom is 0.244 e. The van der Waals surface area contributed by atoms with Crippen LogP contribution in [-0.4, -0.2) is 37.2 Å². The average molecular weight is 300 g/mol. The maximum absolute atomic E-state index is 12.7. The summed E-state index contributed by atoms with van der Waals surface area (Å²) in [5.41, 5.74) is 1.13. The van der Waals surface area contributed by atoms with Crippen LogP contribution in [0.4, 0.5) is 5.69 Å². The topological polar surface area (TPSA) is 41.6 Å². The number of fused-ring (bicyclic) bond motifs is 1. The third kappa shape index (κ3) is 2.01. The number of rotatable bonds is 3. The van der Waals surface area contributed by atoms with Crippen molar-refractivity contribution in [1.82, 2.24) is 5.32 Å². The number of hydrogen-bond donors (Lipinski definition) is 1. The fourth-order valence-electron chi connectivity index (χ4n) is 4.58. The monoisotopic (exact) mass is 300 g/mol. The van der Waals surface area contributed by atoms with Gasteiger partial charge in [-0.3, -0.25) is 4.79 Å². The first-order valence-electron chi connectivity index (χ1n) is 8.33. The summed E-state index contributed by atoms with van der Waals surface area (Å²) in [6.45, 7) is 6.18. The molecule has 4 atom stereocenters. The Labute approximate surface area is 131 Å². The van der Waals surface area contributed by atoms with Gasteiger partial charge >= 0.3 is 0 Å². The average Bonchev–Trinajstić information content (AvgIpc) is 3.11. The van der Waals surface area contributed by atoms with Crippen LogP contribution < -0.4 is 10.2 Å². The zero-order chi connectivity index (χ0) is 15.3. The first-order chi connectivity index (χ1) is 10.6. The predicted octanol–water partition coefficient (Wildman–Crippen LogP) is 2.19. The van der Waals surface area contributed by atoms with Crippen molar-refractivity contribution in [3.8, 4) is 0 Å². The molecular weight excluding hydrogens is 276 g/mol. The van der Waals surface area contributed by atoms with Crippen LogP contribution in [0.1, 0.15) is 26.7 Å². The van der Waals surface area contributed by atoms with Gasteiger partial charge in [0.15, 0.2) is 0 Å². The minimum absolute atomic E-state index is 0.0500. The van der Waals surface area contributed by atoms with Crippen LogP contribution in [0.5, 0.6) is 0 Å². The van der Waals surface area contributed by atoms with Crippen LogP contribution in [0.3, 0.4) is 0 Å². The highest BCUT2D eigenvalue weighted by atomic mass is 16.5. The van der Waals surface area contributed by atoms with Crippen molar-refractivity contribution in [2.75, 3.05) is 18.1 Å². The molecule has 1 aliphatic carbocycles. The standard InChI is InChI=1S/C18H24N2O2/c1-18(2)15(13-9-11-22-16(13)18)19-14-8-10-20(17(14)21)12-6-4-3-5-7-12/h3-7,13-16,19H,8-11H2,1-2H3/t13-,14-,15-,16+/m1/s1. The Morgan fingerprint density at radius 3 is 2.77 bits per heavy atom. The van der Waals surface area contributed by atoms with Crippen LogP contribution in [0.2, 0.25) is 0 Å². The molecule has 1 saturated carbocycles. The highest BCUT2D eigenvalue weighted by molar-refractivity contribution is 5.99. The Bertz CT molecular complexity index is 572. The van der Waals surface area contributed by atoms with E-state index in [-0.39, 0.29) is 17.4 Å². The normalized spacial score (nSPS) is 36.3. The largest absolute Gasteiger partial charge is 0.377 e. The molecule has 0 bridgehead atoms. The molecule has 2 saturated heterocycles. The van der Waals surface area contributed by atoms with E-state index in [2.05, 4.69) is 19.2 Å². The van der Waals surface area contributed by atoms with E-state index in [1.807, 2.05) is 35.2 Å². The molecule has 0 aromatic heterocycles. The number of carbonyl (C=O) groups excluding carboxylic acids is 1. The predicted molar refractivity (Wildman–Crippen MR) is 85.8 cm³/mol. The molecule has 4 nitrogen and oxygen atoms in total. The molecule has 2 aliphatic heterocycles. The summed E-state index contributed by atoms with van der Waals surface area (Å²) in [5.74, 6) is 0.790. The Balaban J connectivity index is 1.46. The number of carbonyl (C=O) groups is 1. The van der Waals surface area contributed by atoms with Gasteiger partial charge in [-0.25, -0.2) is 0 Å². The molecule has 22 heavy (non-hydrogen) atoms. The van der Waals surface area contributed by atoms with E-state index in [1.54, 1.807) is 0 Å². The molecular formula is C18H24N2O2. The van der Waals surface area contributed by atoms with Crippen molar-refractivity contribution in [1.29, 1.82) is 0 Å². The molecule has 3 aliphatic rings. The van der Waals surface area contributed by atoms with Crippen molar-refractivity contribution in [3.63, 3.8) is 0 Å². The first-order valence-corrected chi connectivity index (χ1v) is 8.33. The summed E-state index contributed by atoms with van der Waals surface area (Å²) in [6.07, 6.45) is 2.37. The van der Waals surface area contributed by atoms with Crippen molar-refractivity contribution in [3.05, 3.63) is 30.3 Å². The van der Waals surface area contributed by atoms with Crippen LogP contribution in [-0.2, 0) is 9.53 Å². The molecule has 4 rings (SSSR count). The van der Waals surface area contributed by atoms with Gasteiger partial charge in [-0.2, -0.15) is 0 Å². The third-order valence-electron chi connectivity index (χ3n) is 5.75. The number of nitrogens with one attached hydrogen (secondary N) is 1. The van der Waals surface area contributed by atoms with E-state index < -0.39 is 0 Å². The molecule has 1 aromatic carbocycles. The number of ether oxygens (including phenoxy) is 1. The molecule has 4 heteroatoms. The van der Waals surface area contributed by atoms with Gasteiger partial charge in [-0.1, -0.05) is 32.0 Å². The van der Waals surface area contributed by atoms with E-state index >= 15 is 0 Å². The number of benzene rings is 1. The molecule has 0 unspecified atom stereocenters. The van der Waals surface area contributed by atoms with Crippen molar-refractivity contribution in [2.45, 2.75) is 44.9 Å². The molecule has 3 fully saturated rings. The Morgan fingerprint density at radius 2 is 2.00 bits per heavy atom. The minimum atomic E-state index is -0.0500. The van der Waals surface area contributed by atoms with E-state index in [0.29, 0.717) is 18.1 Å². The smallest absolute Gasteiger partial charge is 0.244 e. The number of amides is 1. The van der Waals surface area contributed by atoms with Gasteiger partial charge in [0, 0.05) is 36.2 Å². The molecule has 0 spiro atoms. The van der Waals surface area contributed by atoms with Gasteiger partial charge in [-0.05, 0) is 25.0 Å². The van der Waals surface area contributed by atoms with Crippen LogP contribution in [0.25, 0.3) is 0 Å². The third-order valence-corrected chi connectivity index (χ3v) is 5.75. The summed E-state index contributed by atoms with van der Waals surface area (Å²) in [5, 5.41) is 3.66. The Morgan fingerprint density at radius 1 is 1.23 bits per heavy atom. The van der Waals surface area contributed by atoms with Gasteiger partial charge in [0.1, 0.15) is 0 Å². The van der Waals surface area contributed by atoms with Gasteiger partial charge in [0.2, 0.25) is 5.91 Å². The van der Waals surface area contributed by atoms with E-state index in [0.717, 1.165) is 31.7 Å². The second kappa shape index (κ2) is 5.07. The highest BCUT2D eigenvalue weighted by Gasteiger charge is 2.60. The Hall–Kier alpha value is -1.39. The summed E-state index contributed by atoms with van der Waals surface area (Å²) in [7, 11) is 0. The molecule has 0 radical (unpaired) electrons. The molecule has 2 heterocycles. The molecule has 1 N–H and O–H groups in total. The zero-order valence-electron chi connectivity index (χ0n) is 13.3. The summed E-state index contributed by atoms with van der Waals surface area (Å²) in [6, 6.07) is 10.3. The van der Waals surface area contributed by atoms with Crippen molar-refractivity contribution < 1.29 is 9.53 Å². The number of nitrogens with zero attached hydrogens (tertiary/aromatic N) is 1. The van der Waals surface area contributed by atoms with Crippen molar-refractivity contribution >= 4 is 11.6 Å². The molecule has 118 valence electrons. The fourth-order valence-corrected chi connectivity index (χ4v) is 4.58. The van der Waals surface area contributed by atoms with Gasteiger partial charge in [0.25, 0.3) is 0 Å². The lowest BCUT2D eigenvalue weighted by molar-refractivity contribution is -0.127. The first kappa shape index (κ1) is 14.2. The summed E-state index contributed by atoms with van der Waals surface area (Å²) in [4.78, 5) is 14.6. The van der Waals surface area contributed by atoms with E-state index in [1.165, 1.54) is 0 Å². The quantitative estimate of drug-likeness (QED) is 0.930. The van der Waals surface area contributed by atoms with Crippen LogP contribution in [0, 0.1) is 11.3 Å². The second-order valence-corrected chi connectivity index (χ2v) is 7.38. The Kier molecular flexibility index (Phi) is 3.27. The van der Waals surface area contributed by atoms with E-state index in [4.69, 9.17) is 4.74 Å². The van der Waals surface area contributed by atoms with Crippen LogP contribution >= 0.6 is 0 Å². The second-order valence-electron chi connectivity index (χ2n) is 7.38. The number of hydrogen-bond acceptors (Lipinski definition) is 3. The minimum Gasteiger partial charge on any atom is -0.377 e. The lowest BCUT2D eigenvalue weighted by atomic mass is 9.57. The number of anilines is 1. The van der Waals surface area contributed by atoms with Gasteiger partial charge < -0.3 is 15.0 Å². The van der Waals surface area contributed by atoms with Gasteiger partial charge in [-0.15, -0.1) is 0 Å². The lowest BCUT2D eigenvalue weighted by Gasteiger charge is -2.55. The van der Waals surface area contributed by atoms with E-state index in [9.17, 15) is 4.79 Å². The number of para-hydroxylation sites is 1. The maximum atomic E-state index is 12.7. The summed E-state index contributed by atoms with van der Waals surface area (Å²) >= 11 is 0. The molecule has 1 aromatic rings.